The molecule has 20 nitrogen and oxygen atoms in total. The zero-order valence-corrected chi connectivity index (χ0v) is 72.0. The number of aliphatic hydroxyl groups excluding tert-OH is 8. The summed E-state index contributed by atoms with van der Waals surface area (Å²) in [4.78, 5) is 45.6. The second-order valence-electron chi connectivity index (χ2n) is 33.2. The van der Waals surface area contributed by atoms with E-state index in [1.54, 1.807) is 52.0 Å². The van der Waals surface area contributed by atoms with Crippen molar-refractivity contribution in [1.82, 2.24) is 0 Å². The number of methoxy groups -OCH3 is 4. The number of hydrogen-bond acceptors (Lipinski definition) is 20. The van der Waals surface area contributed by atoms with Crippen LogP contribution in [0.1, 0.15) is 226 Å². The summed E-state index contributed by atoms with van der Waals surface area (Å²) in [6.45, 7) is 15.1. The molecule has 4 aliphatic carbocycles. The molecule has 8 N–H and O–H groups in total. The quantitative estimate of drug-likeness (QED) is 0.00975. The summed E-state index contributed by atoms with van der Waals surface area (Å²) in [5.41, 5.74) is 8.82. The summed E-state index contributed by atoms with van der Waals surface area (Å²) in [5.74, 6) is 26.3. The molecule has 4 saturated carbocycles. The summed E-state index contributed by atoms with van der Waals surface area (Å²) in [6, 6.07) is 24.5. The lowest BCUT2D eigenvalue weighted by atomic mass is 9.86. The first kappa shape index (κ1) is 94.7. The number of aryl methyl sites for hydroxylation is 4. The SMILES string of the molecule is CC#CC[C@@H](C)[C@@H](O)/C=C/[C@H]1[C@@H]2c3cccc(CCCC(=O)OC)c3O[C@@H]2C[C@@H]1O.CC#CC[C@@H](C)[C@H](O)/C=C/[C@@H]1[C@H]2c3cccc(CCCC(=O)OC)c3O[C@H]2C[C@H]1O.CC#CC[C@H](C)[C@@H](O)/C=C/[C@H]1[C@@H]2c3cccc(CCCC(=O)OC)c3O[C@@H]2C[C@@H]1O.CC#CC[C@H](C)[C@H](O)/C=C/[C@@H]1[C@H]2c3cccc(CCCC(=O)OC)c3O[C@H]2C[C@H]1O. The molecule has 0 unspecified atom stereocenters. The molecule has 0 saturated heterocycles. The Hall–Kier alpha value is -9.16. The van der Waals surface area contributed by atoms with E-state index in [0.29, 0.717) is 103 Å². The topological polar surface area (TPSA) is 304 Å². The first-order valence-corrected chi connectivity index (χ1v) is 43.0. The van der Waals surface area contributed by atoms with Gasteiger partial charge in [0, 0.05) is 147 Å². The number of rotatable bonds is 32. The maximum absolute atomic E-state index is 11.4. The monoisotopic (exact) mass is 1650 g/mol. The molecule has 4 aromatic carbocycles. The fraction of sp³-hybridized carbons (Fsp3) is 0.560. The van der Waals surface area contributed by atoms with E-state index in [2.05, 4.69) is 71.6 Å². The third-order valence-corrected chi connectivity index (χ3v) is 25.0. The number of fused-ring (bicyclic) bond motifs is 12. The van der Waals surface area contributed by atoms with E-state index in [-0.39, 0.29) is 119 Å². The molecule has 120 heavy (non-hydrogen) atoms. The van der Waals surface area contributed by atoms with E-state index < -0.39 is 48.8 Å². The average molecular weight is 1650 g/mol. The van der Waals surface area contributed by atoms with Gasteiger partial charge in [0.05, 0.1) is 77.3 Å². The van der Waals surface area contributed by atoms with Crippen LogP contribution in [0, 0.1) is 94.7 Å². The molecule has 0 radical (unpaired) electrons. The average Bonchev–Trinajstić information content (AvgIpc) is 1.62. The number of esters is 4. The van der Waals surface area contributed by atoms with Gasteiger partial charge in [-0.25, -0.2) is 0 Å². The molecule has 648 valence electrons. The normalized spacial score (nSPS) is 26.3. The van der Waals surface area contributed by atoms with Crippen molar-refractivity contribution in [3.63, 3.8) is 0 Å². The number of ether oxygens (including phenoxy) is 8. The zero-order chi connectivity index (χ0) is 86.7. The molecule has 4 aliphatic heterocycles. The summed E-state index contributed by atoms with van der Waals surface area (Å²) in [7, 11) is 5.61. The minimum atomic E-state index is -0.594. The van der Waals surface area contributed by atoms with Crippen LogP contribution < -0.4 is 18.9 Å². The highest BCUT2D eigenvalue weighted by atomic mass is 16.5. The van der Waals surface area contributed by atoms with Crippen LogP contribution in [0.3, 0.4) is 0 Å². The van der Waals surface area contributed by atoms with Crippen molar-refractivity contribution in [3.8, 4) is 70.4 Å². The smallest absolute Gasteiger partial charge is 0.305 e. The van der Waals surface area contributed by atoms with Crippen LogP contribution in [-0.4, -0.2) is 166 Å². The molecule has 0 spiro atoms. The first-order chi connectivity index (χ1) is 57.8. The Kier molecular flexibility index (Phi) is 36.9. The van der Waals surface area contributed by atoms with Crippen molar-refractivity contribution >= 4 is 23.9 Å². The molecule has 12 rings (SSSR count). The van der Waals surface area contributed by atoms with Crippen molar-refractivity contribution in [3.05, 3.63) is 166 Å². The lowest BCUT2D eigenvalue weighted by molar-refractivity contribution is -0.141. The molecule has 0 amide bonds. The fourth-order valence-electron chi connectivity index (χ4n) is 18.0. The van der Waals surface area contributed by atoms with Crippen molar-refractivity contribution < 1.29 is 97.9 Å². The van der Waals surface area contributed by atoms with Gasteiger partial charge in [-0.05, 0) is 125 Å². The molecule has 4 aromatic rings. The van der Waals surface area contributed by atoms with E-state index in [0.717, 1.165) is 93.2 Å². The molecular weight excluding hydrogens is 1520 g/mol. The van der Waals surface area contributed by atoms with Crippen LogP contribution in [0.4, 0.5) is 0 Å². The summed E-state index contributed by atoms with van der Waals surface area (Å²) in [5, 5.41) is 84.2. The van der Waals surface area contributed by atoms with Gasteiger partial charge in [0.2, 0.25) is 0 Å². The van der Waals surface area contributed by atoms with E-state index in [1.807, 2.05) is 101 Å². The van der Waals surface area contributed by atoms with E-state index >= 15 is 0 Å². The maximum atomic E-state index is 11.4. The van der Waals surface area contributed by atoms with E-state index in [1.165, 1.54) is 28.4 Å². The van der Waals surface area contributed by atoms with Crippen molar-refractivity contribution in [2.45, 2.75) is 281 Å². The number of carbonyl (C=O) groups is 4. The summed E-state index contributed by atoms with van der Waals surface area (Å²) in [6.07, 6.45) is 22.6. The maximum Gasteiger partial charge on any atom is 0.305 e. The van der Waals surface area contributed by atoms with Gasteiger partial charge in [0.25, 0.3) is 0 Å². The van der Waals surface area contributed by atoms with Gasteiger partial charge in [-0.15, -0.1) is 47.4 Å². The number of aliphatic hydroxyl groups is 8. The van der Waals surface area contributed by atoms with E-state index in [9.17, 15) is 60.0 Å². The third-order valence-electron chi connectivity index (χ3n) is 25.0. The Bertz CT molecular complexity index is 3890. The predicted molar refractivity (Wildman–Crippen MR) is 460 cm³/mol. The highest BCUT2D eigenvalue weighted by Crippen LogP contribution is 2.56. The minimum absolute atomic E-state index is 0.0385. The second kappa shape index (κ2) is 46.7. The van der Waals surface area contributed by atoms with Crippen molar-refractivity contribution in [2.75, 3.05) is 28.4 Å². The fourth-order valence-corrected chi connectivity index (χ4v) is 18.0. The van der Waals surface area contributed by atoms with Crippen molar-refractivity contribution in [1.29, 1.82) is 0 Å². The number of carbonyl (C=O) groups excluding carboxylic acids is 4. The standard InChI is InChI=1S/4C25H32O5/c4*1-4-5-8-16(2)20(26)14-13-18-21(27)15-22-24(18)19-11-6-9-17(25(19)30-22)10-7-12-23(28)29-3/h4*6,9,11,13-14,16,18,20-22,24,26-27H,7-8,10,12,15H2,1-3H3/b4*14-13+/t2*16-,18+,20-,21-,22+,24+;2*16-,18-,20+,21+,22-,24-/m1010/s1. The van der Waals surface area contributed by atoms with Gasteiger partial charge in [-0.3, -0.25) is 19.2 Å². The molecule has 20 heteroatoms. The van der Waals surface area contributed by atoms with Crippen LogP contribution >= 0.6 is 0 Å². The highest BCUT2D eigenvalue weighted by molar-refractivity contribution is 5.70. The molecule has 4 heterocycles. The zero-order valence-electron chi connectivity index (χ0n) is 72.0. The summed E-state index contributed by atoms with van der Waals surface area (Å²) < 4.78 is 43.9. The second-order valence-corrected chi connectivity index (χ2v) is 33.2. The Balaban J connectivity index is 0.000000182. The molecule has 8 aliphatic rings. The van der Waals surface area contributed by atoms with Crippen LogP contribution in [0.5, 0.6) is 23.0 Å². The lowest BCUT2D eigenvalue weighted by Gasteiger charge is -2.19. The number of hydrogen-bond donors (Lipinski definition) is 8. The largest absolute Gasteiger partial charge is 0.489 e. The van der Waals surface area contributed by atoms with Crippen molar-refractivity contribution in [2.24, 2.45) is 47.3 Å². The Labute approximate surface area is 710 Å². The van der Waals surface area contributed by atoms with Gasteiger partial charge < -0.3 is 78.7 Å². The minimum Gasteiger partial charge on any atom is -0.489 e. The molecule has 4 fully saturated rings. The Morgan fingerprint density at radius 1 is 0.358 bits per heavy atom. The van der Waals surface area contributed by atoms with Gasteiger partial charge >= 0.3 is 23.9 Å². The van der Waals surface area contributed by atoms with Crippen LogP contribution in [0.25, 0.3) is 0 Å². The van der Waals surface area contributed by atoms with E-state index in [4.69, 9.17) is 37.9 Å². The van der Waals surface area contributed by atoms with Gasteiger partial charge in [0.1, 0.15) is 47.4 Å². The van der Waals surface area contributed by atoms with Gasteiger partial charge in [-0.1, -0.05) is 149 Å². The van der Waals surface area contributed by atoms with Crippen LogP contribution in [0.15, 0.2) is 121 Å². The van der Waals surface area contributed by atoms with Gasteiger partial charge in [-0.2, -0.15) is 0 Å². The number of para-hydroxylation sites is 4. The lowest BCUT2D eigenvalue weighted by Crippen LogP contribution is -2.19. The molecule has 0 aromatic heterocycles. The number of benzene rings is 4. The first-order valence-electron chi connectivity index (χ1n) is 43.0. The third kappa shape index (κ3) is 24.6. The molecular formula is C100H128O20. The van der Waals surface area contributed by atoms with Gasteiger partial charge in [0.15, 0.2) is 0 Å². The van der Waals surface area contributed by atoms with Crippen LogP contribution in [0.2, 0.25) is 0 Å². The predicted octanol–water partition coefficient (Wildman–Crippen LogP) is 13.5. The molecule has 24 atom stereocenters. The summed E-state index contributed by atoms with van der Waals surface area (Å²) >= 11 is 0. The Morgan fingerprint density at radius 2 is 0.558 bits per heavy atom. The highest BCUT2D eigenvalue weighted by Gasteiger charge is 2.53. The Morgan fingerprint density at radius 3 is 0.742 bits per heavy atom. The molecule has 0 bridgehead atoms. The van der Waals surface area contributed by atoms with Crippen LogP contribution in [-0.2, 0) is 63.8 Å².